The molecule has 1 aliphatic rings. The van der Waals surface area contributed by atoms with Crippen LogP contribution >= 0.6 is 0 Å². The van der Waals surface area contributed by atoms with Crippen molar-refractivity contribution in [2.24, 2.45) is 10.7 Å². The van der Waals surface area contributed by atoms with Crippen molar-refractivity contribution >= 4 is 5.96 Å². The van der Waals surface area contributed by atoms with Crippen molar-refractivity contribution in [2.75, 3.05) is 6.54 Å². The van der Waals surface area contributed by atoms with Crippen LogP contribution in [0.1, 0.15) is 13.3 Å². The van der Waals surface area contributed by atoms with E-state index in [1.165, 1.54) is 5.57 Å². The van der Waals surface area contributed by atoms with Crippen molar-refractivity contribution in [2.45, 2.75) is 13.3 Å². The highest BCUT2D eigenvalue weighted by atomic mass is 15.1. The van der Waals surface area contributed by atoms with Gasteiger partial charge in [0, 0.05) is 12.7 Å². The molecule has 0 unspecified atom stereocenters. The summed E-state index contributed by atoms with van der Waals surface area (Å²) in [5.41, 5.74) is 6.64. The highest BCUT2D eigenvalue weighted by Crippen LogP contribution is 2.00. The molecule has 1 heterocycles. The Balaban J connectivity index is 2.59. The van der Waals surface area contributed by atoms with E-state index in [2.05, 4.69) is 17.2 Å². The number of rotatable bonds is 1. The summed E-state index contributed by atoms with van der Waals surface area (Å²) in [6.07, 6.45) is 2.87. The minimum Gasteiger partial charge on any atom is -0.370 e. The third-order valence-electron chi connectivity index (χ3n) is 1.34. The number of nitrogens with zero attached hydrogens (tertiary/aromatic N) is 1. The van der Waals surface area contributed by atoms with Crippen molar-refractivity contribution in [3.63, 3.8) is 0 Å². The van der Waals surface area contributed by atoms with Crippen LogP contribution in [0.25, 0.3) is 0 Å². The standard InChI is InChI=1S/C6H11N3/c1-2-5-3-8-6(7)9-4-5/h3H,2,4H2,1H3,(H3,7,8,9). The van der Waals surface area contributed by atoms with Gasteiger partial charge in [0.2, 0.25) is 0 Å². The molecule has 0 spiro atoms. The molecule has 50 valence electrons. The average Bonchev–Trinajstić information content (AvgIpc) is 1.90. The fraction of sp³-hybridized carbons (Fsp3) is 0.500. The minimum atomic E-state index is 0.521. The zero-order valence-corrected chi connectivity index (χ0v) is 5.52. The van der Waals surface area contributed by atoms with E-state index in [4.69, 9.17) is 5.73 Å². The van der Waals surface area contributed by atoms with Crippen molar-refractivity contribution in [1.29, 1.82) is 0 Å². The number of nitrogens with two attached hydrogens (primary N) is 1. The number of nitrogens with one attached hydrogen (secondary N) is 1. The quantitative estimate of drug-likeness (QED) is 0.526. The molecule has 1 aliphatic heterocycles. The molecule has 0 saturated carbocycles. The summed E-state index contributed by atoms with van der Waals surface area (Å²) >= 11 is 0. The molecular weight excluding hydrogens is 114 g/mol. The van der Waals surface area contributed by atoms with Crippen molar-refractivity contribution in [1.82, 2.24) is 5.32 Å². The van der Waals surface area contributed by atoms with Gasteiger partial charge in [0.25, 0.3) is 0 Å². The highest BCUT2D eigenvalue weighted by molar-refractivity contribution is 5.79. The van der Waals surface area contributed by atoms with Crippen LogP contribution in [0, 0.1) is 0 Å². The highest BCUT2D eigenvalue weighted by Gasteiger charge is 1.99. The summed E-state index contributed by atoms with van der Waals surface area (Å²) in [6.45, 7) is 2.95. The molecular formula is C6H11N3. The van der Waals surface area contributed by atoms with Gasteiger partial charge in [-0.25, -0.2) is 4.99 Å². The zero-order valence-electron chi connectivity index (χ0n) is 5.52. The molecule has 0 aromatic rings. The van der Waals surface area contributed by atoms with Crippen LogP contribution in [0.2, 0.25) is 0 Å². The van der Waals surface area contributed by atoms with Crippen LogP contribution in [0.5, 0.6) is 0 Å². The number of hydrogen-bond acceptors (Lipinski definition) is 3. The molecule has 0 radical (unpaired) electrons. The normalized spacial score (nSPS) is 17.9. The van der Waals surface area contributed by atoms with E-state index < -0.39 is 0 Å². The molecule has 0 bridgehead atoms. The van der Waals surface area contributed by atoms with E-state index in [-0.39, 0.29) is 0 Å². The van der Waals surface area contributed by atoms with E-state index in [1.54, 1.807) is 0 Å². The van der Waals surface area contributed by atoms with Gasteiger partial charge in [-0.2, -0.15) is 0 Å². The summed E-state index contributed by atoms with van der Waals surface area (Å²) in [4.78, 5) is 3.90. The Labute approximate surface area is 54.7 Å². The Bertz CT molecular complexity index is 158. The van der Waals surface area contributed by atoms with Crippen molar-refractivity contribution in [3.05, 3.63) is 11.8 Å². The zero-order chi connectivity index (χ0) is 6.69. The summed E-state index contributed by atoms with van der Waals surface area (Å²) < 4.78 is 0. The largest absolute Gasteiger partial charge is 0.370 e. The van der Waals surface area contributed by atoms with Gasteiger partial charge in [-0.05, 0) is 12.0 Å². The molecule has 0 aromatic carbocycles. The maximum absolute atomic E-state index is 5.35. The van der Waals surface area contributed by atoms with Gasteiger partial charge in [0.15, 0.2) is 5.96 Å². The van der Waals surface area contributed by atoms with Gasteiger partial charge in [0.1, 0.15) is 0 Å². The molecule has 3 heteroatoms. The van der Waals surface area contributed by atoms with E-state index in [0.29, 0.717) is 5.96 Å². The molecule has 0 fully saturated rings. The maximum atomic E-state index is 5.35. The Morgan fingerprint density at radius 2 is 2.67 bits per heavy atom. The number of hydrogen-bond donors (Lipinski definition) is 2. The monoisotopic (exact) mass is 125 g/mol. The molecule has 0 atom stereocenters. The minimum absolute atomic E-state index is 0.521. The molecule has 0 saturated heterocycles. The van der Waals surface area contributed by atoms with Crippen molar-refractivity contribution in [3.8, 4) is 0 Å². The topological polar surface area (TPSA) is 50.4 Å². The first-order valence-electron chi connectivity index (χ1n) is 3.08. The average molecular weight is 125 g/mol. The summed E-state index contributed by atoms with van der Waals surface area (Å²) in [5.74, 6) is 0.521. The van der Waals surface area contributed by atoms with E-state index in [9.17, 15) is 0 Å². The van der Waals surface area contributed by atoms with Gasteiger partial charge in [-0.1, -0.05) is 6.92 Å². The molecule has 3 nitrogen and oxygen atoms in total. The van der Waals surface area contributed by atoms with Gasteiger partial charge in [0.05, 0.1) is 0 Å². The van der Waals surface area contributed by atoms with Crippen LogP contribution in [0.4, 0.5) is 0 Å². The van der Waals surface area contributed by atoms with Crippen LogP contribution in [-0.2, 0) is 0 Å². The van der Waals surface area contributed by atoms with Gasteiger partial charge < -0.3 is 11.1 Å². The lowest BCUT2D eigenvalue weighted by atomic mass is 10.2. The third kappa shape index (κ3) is 1.45. The second-order valence-corrected chi connectivity index (χ2v) is 2.01. The first kappa shape index (κ1) is 6.13. The van der Waals surface area contributed by atoms with E-state index in [1.807, 2.05) is 6.20 Å². The van der Waals surface area contributed by atoms with Crippen LogP contribution in [0.3, 0.4) is 0 Å². The van der Waals surface area contributed by atoms with E-state index in [0.717, 1.165) is 13.0 Å². The molecule has 0 aliphatic carbocycles. The number of guanidine groups is 1. The maximum Gasteiger partial charge on any atom is 0.193 e. The molecule has 0 aromatic heterocycles. The fourth-order valence-electron chi connectivity index (χ4n) is 0.672. The van der Waals surface area contributed by atoms with Gasteiger partial charge in [-0.3, -0.25) is 0 Å². The molecule has 1 rings (SSSR count). The summed E-state index contributed by atoms with van der Waals surface area (Å²) in [5, 5.41) is 2.94. The lowest BCUT2D eigenvalue weighted by molar-refractivity contribution is 0.885. The lowest BCUT2D eigenvalue weighted by Gasteiger charge is -2.10. The summed E-state index contributed by atoms with van der Waals surface area (Å²) in [6, 6.07) is 0. The Morgan fingerprint density at radius 1 is 1.89 bits per heavy atom. The smallest absolute Gasteiger partial charge is 0.193 e. The third-order valence-corrected chi connectivity index (χ3v) is 1.34. The van der Waals surface area contributed by atoms with Crippen molar-refractivity contribution < 1.29 is 0 Å². The SMILES string of the molecule is CCC1=CN=C(N)NC1. The molecule has 0 amide bonds. The molecule has 9 heavy (non-hydrogen) atoms. The summed E-state index contributed by atoms with van der Waals surface area (Å²) in [7, 11) is 0. The number of aliphatic imine (C=N–C) groups is 1. The molecule has 3 N–H and O–H groups in total. The lowest BCUT2D eigenvalue weighted by Crippen LogP contribution is -2.34. The van der Waals surface area contributed by atoms with Crippen LogP contribution in [-0.4, -0.2) is 12.5 Å². The second kappa shape index (κ2) is 2.53. The first-order chi connectivity index (χ1) is 4.33. The predicted molar refractivity (Wildman–Crippen MR) is 38.0 cm³/mol. The Kier molecular flexibility index (Phi) is 1.72. The van der Waals surface area contributed by atoms with E-state index >= 15 is 0 Å². The second-order valence-electron chi connectivity index (χ2n) is 2.01. The van der Waals surface area contributed by atoms with Gasteiger partial charge >= 0.3 is 0 Å². The predicted octanol–water partition coefficient (Wildman–Crippen LogP) is 0.198. The van der Waals surface area contributed by atoms with Gasteiger partial charge in [-0.15, -0.1) is 0 Å². The fourth-order valence-corrected chi connectivity index (χ4v) is 0.672. The Hall–Kier alpha value is -0.990. The first-order valence-corrected chi connectivity index (χ1v) is 3.08. The van der Waals surface area contributed by atoms with Crippen LogP contribution in [0.15, 0.2) is 16.8 Å². The van der Waals surface area contributed by atoms with Crippen LogP contribution < -0.4 is 11.1 Å². The Morgan fingerprint density at radius 3 is 3.11 bits per heavy atom.